The second-order valence-electron chi connectivity index (χ2n) is 5.88. The van der Waals surface area contributed by atoms with Crippen molar-refractivity contribution in [3.05, 3.63) is 94.2 Å². The van der Waals surface area contributed by atoms with Crippen LogP contribution in [0, 0.1) is 6.92 Å². The van der Waals surface area contributed by atoms with Crippen LogP contribution in [0.5, 0.6) is 0 Å². The molecule has 0 aliphatic heterocycles. The number of aliphatic hydroxyl groups is 1. The van der Waals surface area contributed by atoms with Gasteiger partial charge in [0.2, 0.25) is 0 Å². The van der Waals surface area contributed by atoms with Crippen LogP contribution in [0.1, 0.15) is 11.1 Å². The van der Waals surface area contributed by atoms with E-state index in [9.17, 15) is 5.11 Å². The highest BCUT2D eigenvalue weighted by atomic mass is 35.5. The topological polar surface area (TPSA) is 36.1 Å². The van der Waals surface area contributed by atoms with Gasteiger partial charge in [-0.05, 0) is 36.8 Å². The second kappa shape index (κ2) is 8.53. The Morgan fingerprint density at radius 3 is 2.33 bits per heavy atom. The van der Waals surface area contributed by atoms with E-state index in [-0.39, 0.29) is 5.76 Å². The number of para-hydroxylation sites is 1. The van der Waals surface area contributed by atoms with Crippen LogP contribution in [-0.4, -0.2) is 10.1 Å². The molecule has 0 amide bonds. The highest BCUT2D eigenvalue weighted by Gasteiger charge is 2.24. The molecule has 0 bridgehead atoms. The molecule has 3 rings (SSSR count). The lowest BCUT2D eigenvalue weighted by molar-refractivity contribution is -0.575. The van der Waals surface area contributed by atoms with Crippen molar-refractivity contribution >= 4 is 57.6 Å². The van der Waals surface area contributed by atoms with E-state index in [1.807, 2.05) is 61.8 Å². The number of aromatic nitrogens is 1. The molecule has 1 aromatic heterocycles. The summed E-state index contributed by atoms with van der Waals surface area (Å²) in [6.07, 6.45) is 3.63. The van der Waals surface area contributed by atoms with Gasteiger partial charge < -0.3 is 10.4 Å². The molecule has 0 fully saturated rings. The van der Waals surface area contributed by atoms with Crippen molar-refractivity contribution in [3.63, 3.8) is 0 Å². The number of thiocarbonyl (C=S) groups is 1. The zero-order chi connectivity index (χ0) is 19.4. The summed E-state index contributed by atoms with van der Waals surface area (Å²) in [6, 6.07) is 18.4. The first-order chi connectivity index (χ1) is 13.0. The molecular formula is C21H17Cl2N2OS+. The van der Waals surface area contributed by atoms with Gasteiger partial charge in [0.05, 0.1) is 10.0 Å². The minimum absolute atomic E-state index is 0.00384. The number of nitrogens with one attached hydrogen (secondary N) is 1. The smallest absolute Gasteiger partial charge is 0.288 e. The molecule has 2 N–H and O–H groups in total. The van der Waals surface area contributed by atoms with Crippen molar-refractivity contribution in [3.8, 4) is 0 Å². The average molecular weight is 416 g/mol. The second-order valence-corrected chi connectivity index (χ2v) is 7.10. The monoisotopic (exact) mass is 415 g/mol. The van der Waals surface area contributed by atoms with E-state index in [0.29, 0.717) is 26.3 Å². The molecule has 0 atom stereocenters. The van der Waals surface area contributed by atoms with Crippen molar-refractivity contribution in [2.45, 2.75) is 6.92 Å². The van der Waals surface area contributed by atoms with Gasteiger partial charge in [-0.15, -0.1) is 0 Å². The standard InChI is InChI=1S/C21H16Cl2N2OS/c1-14-7-3-4-8-18(14)24-21(27)19(25-11-5-2-6-12-25)20(26)15-9-10-16(22)17(23)13-15/h2-13H,1H3,(H-,24,26,27)/p+1. The highest BCUT2D eigenvalue weighted by molar-refractivity contribution is 7.81. The van der Waals surface area contributed by atoms with E-state index in [2.05, 4.69) is 5.32 Å². The molecular weight excluding hydrogens is 399 g/mol. The first-order valence-corrected chi connectivity index (χ1v) is 9.36. The predicted molar refractivity (Wildman–Crippen MR) is 116 cm³/mol. The van der Waals surface area contributed by atoms with Gasteiger partial charge in [-0.2, -0.15) is 4.57 Å². The van der Waals surface area contributed by atoms with Gasteiger partial charge in [-0.1, -0.05) is 59.7 Å². The Balaban J connectivity index is 2.09. The Hall–Kier alpha value is -2.40. The fourth-order valence-corrected chi connectivity index (χ4v) is 3.18. The fourth-order valence-electron chi connectivity index (χ4n) is 2.57. The van der Waals surface area contributed by atoms with Gasteiger partial charge in [-0.25, -0.2) is 0 Å². The Kier molecular flexibility index (Phi) is 6.11. The van der Waals surface area contributed by atoms with Crippen LogP contribution in [0.25, 0.3) is 11.5 Å². The summed E-state index contributed by atoms with van der Waals surface area (Å²) >= 11 is 17.7. The molecule has 0 spiro atoms. The summed E-state index contributed by atoms with van der Waals surface area (Å²) in [5.41, 5.74) is 2.88. The first-order valence-electron chi connectivity index (χ1n) is 8.19. The molecule has 0 aliphatic rings. The summed E-state index contributed by atoms with van der Waals surface area (Å²) in [6.45, 7) is 1.99. The highest BCUT2D eigenvalue weighted by Crippen LogP contribution is 2.27. The number of aryl methyl sites for hydroxylation is 1. The quantitative estimate of drug-likeness (QED) is 0.240. The van der Waals surface area contributed by atoms with Gasteiger partial charge in [0.25, 0.3) is 5.70 Å². The van der Waals surface area contributed by atoms with E-state index in [4.69, 9.17) is 35.4 Å². The van der Waals surface area contributed by atoms with E-state index < -0.39 is 0 Å². The molecule has 0 unspecified atom stereocenters. The van der Waals surface area contributed by atoms with Crippen LogP contribution in [0.3, 0.4) is 0 Å². The summed E-state index contributed by atoms with van der Waals surface area (Å²) in [5, 5.41) is 15.0. The number of anilines is 1. The average Bonchev–Trinajstić information content (AvgIpc) is 2.67. The van der Waals surface area contributed by atoms with Gasteiger partial charge in [0, 0.05) is 23.4 Å². The summed E-state index contributed by atoms with van der Waals surface area (Å²) in [5.74, 6) is -0.00384. The van der Waals surface area contributed by atoms with Crippen LogP contribution >= 0.6 is 35.4 Å². The Morgan fingerprint density at radius 1 is 0.963 bits per heavy atom. The number of pyridine rings is 1. The van der Waals surface area contributed by atoms with Crippen molar-refractivity contribution in [2.24, 2.45) is 0 Å². The maximum atomic E-state index is 11.0. The number of hydrogen-bond acceptors (Lipinski definition) is 2. The Bertz CT molecular complexity index is 1020. The number of benzene rings is 2. The van der Waals surface area contributed by atoms with E-state index in [1.54, 1.807) is 22.8 Å². The molecule has 3 aromatic rings. The Labute approximate surface area is 173 Å². The summed E-state index contributed by atoms with van der Waals surface area (Å²) in [7, 11) is 0. The van der Waals surface area contributed by atoms with Crippen LogP contribution < -0.4 is 9.88 Å². The van der Waals surface area contributed by atoms with Gasteiger partial charge in [-0.3, -0.25) is 0 Å². The molecule has 27 heavy (non-hydrogen) atoms. The van der Waals surface area contributed by atoms with E-state index >= 15 is 0 Å². The normalized spacial score (nSPS) is 11.7. The molecule has 0 radical (unpaired) electrons. The molecule has 6 heteroatoms. The molecule has 136 valence electrons. The zero-order valence-corrected chi connectivity index (χ0v) is 16.8. The molecule has 0 aliphatic carbocycles. The van der Waals surface area contributed by atoms with Crippen LogP contribution in [0.15, 0.2) is 73.1 Å². The molecule has 0 saturated heterocycles. The maximum absolute atomic E-state index is 11.0. The van der Waals surface area contributed by atoms with Crippen LogP contribution in [0.2, 0.25) is 10.0 Å². The van der Waals surface area contributed by atoms with Crippen molar-refractivity contribution in [1.82, 2.24) is 0 Å². The third-order valence-corrected chi connectivity index (χ3v) is 5.03. The first kappa shape index (κ1) is 19.4. The van der Waals surface area contributed by atoms with E-state index in [0.717, 1.165) is 11.3 Å². The number of halogens is 2. The minimum Gasteiger partial charge on any atom is -0.502 e. The summed E-state index contributed by atoms with van der Waals surface area (Å²) in [4.78, 5) is 0.379. The third kappa shape index (κ3) is 4.48. The lowest BCUT2D eigenvalue weighted by Crippen LogP contribution is -2.38. The molecule has 2 aromatic carbocycles. The third-order valence-electron chi connectivity index (χ3n) is 4.00. The van der Waals surface area contributed by atoms with Crippen molar-refractivity contribution < 1.29 is 9.67 Å². The zero-order valence-electron chi connectivity index (χ0n) is 14.5. The lowest BCUT2D eigenvalue weighted by atomic mass is 10.1. The van der Waals surface area contributed by atoms with Crippen LogP contribution in [-0.2, 0) is 0 Å². The van der Waals surface area contributed by atoms with Crippen LogP contribution in [0.4, 0.5) is 5.69 Å². The Morgan fingerprint density at radius 2 is 1.67 bits per heavy atom. The molecule has 0 saturated carbocycles. The van der Waals surface area contributed by atoms with Gasteiger partial charge in [0.15, 0.2) is 23.1 Å². The predicted octanol–water partition coefficient (Wildman–Crippen LogP) is 5.91. The fraction of sp³-hybridized carbons (Fsp3) is 0.0476. The minimum atomic E-state index is -0.00384. The maximum Gasteiger partial charge on any atom is 0.288 e. The molecule has 3 nitrogen and oxygen atoms in total. The number of nitrogens with zero attached hydrogens (tertiary/aromatic N) is 1. The van der Waals surface area contributed by atoms with Gasteiger partial charge in [0.1, 0.15) is 0 Å². The SMILES string of the molecule is Cc1ccccc1NC(=S)C(=C(O)c1ccc(Cl)c(Cl)c1)[n+]1ccccc1. The largest absolute Gasteiger partial charge is 0.502 e. The van der Waals surface area contributed by atoms with Crippen molar-refractivity contribution in [2.75, 3.05) is 5.32 Å². The number of aliphatic hydroxyl groups excluding tert-OH is 1. The lowest BCUT2D eigenvalue weighted by Gasteiger charge is -2.12. The molecule has 1 heterocycles. The van der Waals surface area contributed by atoms with E-state index in [1.165, 1.54) is 0 Å². The number of hydrogen-bond donors (Lipinski definition) is 2. The van der Waals surface area contributed by atoms with Crippen molar-refractivity contribution in [1.29, 1.82) is 0 Å². The van der Waals surface area contributed by atoms with Gasteiger partial charge >= 0.3 is 0 Å². The number of rotatable bonds is 4. The summed E-state index contributed by atoms with van der Waals surface area (Å²) < 4.78 is 1.76.